The summed E-state index contributed by atoms with van der Waals surface area (Å²) in [6.45, 7) is 0. The minimum absolute atomic E-state index is 1.15. The van der Waals surface area contributed by atoms with Gasteiger partial charge in [0.25, 0.3) is 0 Å². The third kappa shape index (κ3) is 3.56. The molecule has 0 aliphatic carbocycles. The number of hydrogen-bond acceptors (Lipinski definition) is 2. The molecule has 1 aromatic heterocycles. The molecule has 1 heterocycles. The van der Waals surface area contributed by atoms with Crippen LogP contribution in [-0.2, 0) is 0 Å². The average molecular weight is 552 g/mol. The first kappa shape index (κ1) is 23.5. The molecule has 1 nitrogen and oxygen atoms in total. The highest BCUT2D eigenvalue weighted by Gasteiger charge is 2.16. The van der Waals surface area contributed by atoms with Crippen molar-refractivity contribution in [2.45, 2.75) is 0 Å². The van der Waals surface area contributed by atoms with E-state index in [0.29, 0.717) is 0 Å². The van der Waals surface area contributed by atoms with E-state index in [2.05, 4.69) is 157 Å². The molecule has 0 atom stereocenters. The normalized spacial score (nSPS) is 11.8. The number of benzene rings is 8. The Kier molecular flexibility index (Phi) is 5.13. The number of fused-ring (bicyclic) bond motifs is 10. The molecule has 9 aromatic rings. The molecule has 0 amide bonds. The number of rotatable bonds is 3. The van der Waals surface area contributed by atoms with Gasteiger partial charge in [0.2, 0.25) is 0 Å². The van der Waals surface area contributed by atoms with Crippen molar-refractivity contribution in [2.75, 3.05) is 4.90 Å². The lowest BCUT2D eigenvalue weighted by atomic mass is 9.96. The van der Waals surface area contributed by atoms with Crippen molar-refractivity contribution in [3.05, 3.63) is 152 Å². The molecule has 0 N–H and O–H groups in total. The van der Waals surface area contributed by atoms with Gasteiger partial charge in [-0.2, -0.15) is 0 Å². The van der Waals surface area contributed by atoms with Gasteiger partial charge >= 0.3 is 0 Å². The van der Waals surface area contributed by atoms with Crippen molar-refractivity contribution in [3.8, 4) is 0 Å². The van der Waals surface area contributed by atoms with Crippen LogP contribution in [0.3, 0.4) is 0 Å². The van der Waals surface area contributed by atoms with Gasteiger partial charge in [0.05, 0.1) is 0 Å². The second-order valence-corrected chi connectivity index (χ2v) is 12.0. The fourth-order valence-electron chi connectivity index (χ4n) is 6.60. The highest BCUT2D eigenvalue weighted by molar-refractivity contribution is 7.26. The summed E-state index contributed by atoms with van der Waals surface area (Å²) in [5, 5.41) is 12.9. The van der Waals surface area contributed by atoms with Gasteiger partial charge in [-0.1, -0.05) is 115 Å². The fourth-order valence-corrected chi connectivity index (χ4v) is 7.87. The van der Waals surface area contributed by atoms with Crippen LogP contribution in [-0.4, -0.2) is 0 Å². The van der Waals surface area contributed by atoms with Crippen LogP contribution in [0.25, 0.3) is 63.3 Å². The van der Waals surface area contributed by atoms with Gasteiger partial charge in [0.1, 0.15) is 0 Å². The number of hydrogen-bond donors (Lipinski definition) is 0. The molecule has 0 aliphatic heterocycles. The Morgan fingerprint density at radius 2 is 0.881 bits per heavy atom. The van der Waals surface area contributed by atoms with E-state index in [1.54, 1.807) is 0 Å². The number of nitrogens with zero attached hydrogens (tertiary/aromatic N) is 1. The summed E-state index contributed by atoms with van der Waals surface area (Å²) in [4.78, 5) is 2.39. The lowest BCUT2D eigenvalue weighted by molar-refractivity contribution is 1.30. The standard InChI is InChI=1S/C40H25NS/c1-2-10-29(11-3-1)41(31-19-23-36-37-22-17-27-9-5-7-13-33(27)40(37)42-39(36)25-31)30-18-14-28-16-20-34-32-12-6-4-8-26(32)15-21-35(34)38(28)24-30/h1-25H. The summed E-state index contributed by atoms with van der Waals surface area (Å²) in [7, 11) is 0. The van der Waals surface area contributed by atoms with E-state index in [9.17, 15) is 0 Å². The predicted octanol–water partition coefficient (Wildman–Crippen LogP) is 12.1. The SMILES string of the molecule is c1ccc(N(c2ccc3c(c2)sc2c4ccccc4ccc32)c2ccc3ccc4c5ccccc5ccc4c3c2)cc1. The lowest BCUT2D eigenvalue weighted by Gasteiger charge is -2.26. The minimum atomic E-state index is 1.15. The highest BCUT2D eigenvalue weighted by atomic mass is 32.1. The van der Waals surface area contributed by atoms with Gasteiger partial charge in [-0.25, -0.2) is 0 Å². The van der Waals surface area contributed by atoms with Crippen LogP contribution in [0.5, 0.6) is 0 Å². The molecule has 0 saturated heterocycles. The summed E-state index contributed by atoms with van der Waals surface area (Å²) in [5.41, 5.74) is 3.46. The van der Waals surface area contributed by atoms with Crippen molar-refractivity contribution in [1.82, 2.24) is 0 Å². The number of para-hydroxylation sites is 1. The van der Waals surface area contributed by atoms with Crippen molar-refractivity contribution in [2.24, 2.45) is 0 Å². The van der Waals surface area contributed by atoms with E-state index in [1.807, 2.05) is 11.3 Å². The average Bonchev–Trinajstić information content (AvgIpc) is 3.43. The molecule has 0 fully saturated rings. The van der Waals surface area contributed by atoms with Crippen molar-refractivity contribution >= 4 is 91.7 Å². The smallest absolute Gasteiger partial charge is 0.0476 e. The van der Waals surface area contributed by atoms with E-state index in [1.165, 1.54) is 63.3 Å². The first-order chi connectivity index (χ1) is 20.8. The zero-order valence-electron chi connectivity index (χ0n) is 22.8. The Labute approximate surface area is 247 Å². The van der Waals surface area contributed by atoms with Gasteiger partial charge in [-0.3, -0.25) is 0 Å². The molecule has 0 radical (unpaired) electrons. The molecular weight excluding hydrogens is 527 g/mol. The third-order valence-corrected chi connectivity index (χ3v) is 9.81. The van der Waals surface area contributed by atoms with Gasteiger partial charge < -0.3 is 4.90 Å². The molecule has 0 saturated carbocycles. The van der Waals surface area contributed by atoms with E-state index in [0.717, 1.165) is 17.1 Å². The molecule has 0 spiro atoms. The summed E-state index contributed by atoms with van der Waals surface area (Å²) in [6.07, 6.45) is 0. The van der Waals surface area contributed by atoms with Crippen LogP contribution in [0, 0.1) is 0 Å². The maximum Gasteiger partial charge on any atom is 0.0476 e. The maximum atomic E-state index is 2.39. The number of anilines is 3. The van der Waals surface area contributed by atoms with Crippen LogP contribution in [0.15, 0.2) is 152 Å². The quantitative estimate of drug-likeness (QED) is 0.197. The van der Waals surface area contributed by atoms with Crippen LogP contribution in [0.1, 0.15) is 0 Å². The summed E-state index contributed by atoms with van der Waals surface area (Å²) >= 11 is 1.89. The Bertz CT molecular complexity index is 2470. The summed E-state index contributed by atoms with van der Waals surface area (Å²) < 4.78 is 2.66. The Morgan fingerprint density at radius 3 is 1.69 bits per heavy atom. The molecule has 8 aromatic carbocycles. The van der Waals surface area contributed by atoms with Crippen molar-refractivity contribution < 1.29 is 0 Å². The van der Waals surface area contributed by atoms with E-state index >= 15 is 0 Å². The van der Waals surface area contributed by atoms with E-state index in [4.69, 9.17) is 0 Å². The topological polar surface area (TPSA) is 3.24 Å². The predicted molar refractivity (Wildman–Crippen MR) is 184 cm³/mol. The molecule has 196 valence electrons. The maximum absolute atomic E-state index is 2.39. The molecular formula is C40H25NS. The van der Waals surface area contributed by atoms with E-state index < -0.39 is 0 Å². The molecule has 2 heteroatoms. The summed E-state index contributed by atoms with van der Waals surface area (Å²) in [6, 6.07) is 55.5. The second-order valence-electron chi connectivity index (χ2n) is 11.0. The monoisotopic (exact) mass is 551 g/mol. The van der Waals surface area contributed by atoms with Gasteiger partial charge in [0.15, 0.2) is 0 Å². The highest BCUT2D eigenvalue weighted by Crippen LogP contribution is 2.43. The van der Waals surface area contributed by atoms with Crippen LogP contribution in [0.4, 0.5) is 17.1 Å². The Balaban J connectivity index is 1.27. The largest absolute Gasteiger partial charge is 0.310 e. The molecule has 0 aliphatic rings. The second kappa shape index (κ2) is 9.17. The molecule has 0 unspecified atom stereocenters. The Hall–Kier alpha value is -5.18. The van der Waals surface area contributed by atoms with Gasteiger partial charge in [-0.05, 0) is 79.5 Å². The fraction of sp³-hybridized carbons (Fsp3) is 0. The van der Waals surface area contributed by atoms with Gasteiger partial charge in [-0.15, -0.1) is 11.3 Å². The molecule has 0 bridgehead atoms. The zero-order valence-corrected chi connectivity index (χ0v) is 23.6. The first-order valence-electron chi connectivity index (χ1n) is 14.4. The van der Waals surface area contributed by atoms with Crippen LogP contribution < -0.4 is 4.90 Å². The first-order valence-corrected chi connectivity index (χ1v) is 15.2. The molecule has 42 heavy (non-hydrogen) atoms. The molecule has 9 rings (SSSR count). The third-order valence-electron chi connectivity index (χ3n) is 8.61. The van der Waals surface area contributed by atoms with Crippen molar-refractivity contribution in [3.63, 3.8) is 0 Å². The van der Waals surface area contributed by atoms with Crippen LogP contribution >= 0.6 is 11.3 Å². The van der Waals surface area contributed by atoms with Crippen LogP contribution in [0.2, 0.25) is 0 Å². The van der Waals surface area contributed by atoms with Gasteiger partial charge in [0, 0.05) is 37.2 Å². The van der Waals surface area contributed by atoms with E-state index in [-0.39, 0.29) is 0 Å². The summed E-state index contributed by atoms with van der Waals surface area (Å²) in [5.74, 6) is 0. The zero-order chi connectivity index (χ0) is 27.6. The number of thiophene rings is 1. The van der Waals surface area contributed by atoms with Crippen molar-refractivity contribution in [1.29, 1.82) is 0 Å². The minimum Gasteiger partial charge on any atom is -0.310 e. The Morgan fingerprint density at radius 1 is 0.333 bits per heavy atom. The lowest BCUT2D eigenvalue weighted by Crippen LogP contribution is -2.09.